The van der Waals surface area contributed by atoms with Crippen LogP contribution in [-0.4, -0.2) is 23.7 Å². The van der Waals surface area contributed by atoms with Crippen LogP contribution in [-0.2, 0) is 16.0 Å². The van der Waals surface area contributed by atoms with E-state index in [2.05, 4.69) is 6.58 Å². The average molecular weight is 270 g/mol. The van der Waals surface area contributed by atoms with E-state index in [0.29, 0.717) is 12.0 Å². The summed E-state index contributed by atoms with van der Waals surface area (Å²) >= 11 is 0. The third-order valence-corrected chi connectivity index (χ3v) is 3.03. The first-order valence-corrected chi connectivity index (χ1v) is 6.16. The van der Waals surface area contributed by atoms with Gasteiger partial charge in [0, 0.05) is 12.5 Å². The molecule has 0 heterocycles. The number of carbonyl (C=O) groups excluding carboxylic acids is 1. The standard InChI is InChI=1S/C16H14O4/c1-2-15(17)20-10-9-13-12-6-4-3-5-11(12)7-8-14(13)16(18)19/h2-8H,1,9-10H2,(H,18,19). The van der Waals surface area contributed by atoms with E-state index >= 15 is 0 Å². The molecule has 2 aromatic rings. The van der Waals surface area contributed by atoms with Crippen molar-refractivity contribution in [3.05, 3.63) is 60.2 Å². The second kappa shape index (κ2) is 6.02. The number of fused-ring (bicyclic) bond motifs is 1. The van der Waals surface area contributed by atoms with Crippen LogP contribution in [0.2, 0.25) is 0 Å². The van der Waals surface area contributed by atoms with Gasteiger partial charge in [-0.3, -0.25) is 0 Å². The number of ether oxygens (including phenoxy) is 1. The quantitative estimate of drug-likeness (QED) is 0.670. The first kappa shape index (κ1) is 13.8. The van der Waals surface area contributed by atoms with E-state index in [1.807, 2.05) is 24.3 Å². The lowest BCUT2D eigenvalue weighted by molar-refractivity contribution is -0.137. The molecular weight excluding hydrogens is 256 g/mol. The Morgan fingerprint density at radius 2 is 1.95 bits per heavy atom. The fraction of sp³-hybridized carbons (Fsp3) is 0.125. The van der Waals surface area contributed by atoms with E-state index in [1.165, 1.54) is 0 Å². The lowest BCUT2D eigenvalue weighted by Crippen LogP contribution is -2.09. The Morgan fingerprint density at radius 1 is 1.20 bits per heavy atom. The Kier molecular flexibility index (Phi) is 4.15. The molecule has 4 heteroatoms. The zero-order valence-electron chi connectivity index (χ0n) is 10.8. The number of benzene rings is 2. The normalized spacial score (nSPS) is 10.2. The van der Waals surface area contributed by atoms with Crippen LogP contribution in [0.15, 0.2) is 49.1 Å². The number of esters is 1. The van der Waals surface area contributed by atoms with Crippen LogP contribution in [0.5, 0.6) is 0 Å². The summed E-state index contributed by atoms with van der Waals surface area (Å²) in [5, 5.41) is 11.1. The first-order chi connectivity index (χ1) is 9.63. The third kappa shape index (κ3) is 2.85. The van der Waals surface area contributed by atoms with E-state index in [1.54, 1.807) is 12.1 Å². The van der Waals surface area contributed by atoms with Gasteiger partial charge in [-0.15, -0.1) is 0 Å². The molecule has 20 heavy (non-hydrogen) atoms. The van der Waals surface area contributed by atoms with E-state index in [4.69, 9.17) is 4.74 Å². The van der Waals surface area contributed by atoms with Gasteiger partial charge in [0.25, 0.3) is 0 Å². The molecule has 0 unspecified atom stereocenters. The summed E-state index contributed by atoms with van der Waals surface area (Å²) < 4.78 is 4.93. The molecule has 0 amide bonds. The van der Waals surface area contributed by atoms with E-state index in [-0.39, 0.29) is 12.2 Å². The lowest BCUT2D eigenvalue weighted by atomic mass is 9.97. The summed E-state index contributed by atoms with van der Waals surface area (Å²) in [5.74, 6) is -1.50. The summed E-state index contributed by atoms with van der Waals surface area (Å²) in [6, 6.07) is 10.9. The topological polar surface area (TPSA) is 63.6 Å². The summed E-state index contributed by atoms with van der Waals surface area (Å²) in [5.41, 5.74) is 0.908. The summed E-state index contributed by atoms with van der Waals surface area (Å²) in [6.07, 6.45) is 1.43. The first-order valence-electron chi connectivity index (χ1n) is 6.16. The van der Waals surface area contributed by atoms with Crippen molar-refractivity contribution in [3.63, 3.8) is 0 Å². The van der Waals surface area contributed by atoms with Gasteiger partial charge in [-0.1, -0.05) is 36.9 Å². The van der Waals surface area contributed by atoms with Crippen molar-refractivity contribution in [1.82, 2.24) is 0 Å². The molecule has 0 atom stereocenters. The van der Waals surface area contributed by atoms with Gasteiger partial charge in [-0.2, -0.15) is 0 Å². The molecule has 0 aliphatic heterocycles. The molecule has 2 aromatic carbocycles. The Balaban J connectivity index is 2.37. The molecule has 2 rings (SSSR count). The zero-order valence-corrected chi connectivity index (χ0v) is 10.8. The molecule has 0 saturated carbocycles. The van der Waals surface area contributed by atoms with Gasteiger partial charge in [0.1, 0.15) is 0 Å². The average Bonchev–Trinajstić information content (AvgIpc) is 2.46. The number of hydrogen-bond donors (Lipinski definition) is 1. The van der Waals surface area contributed by atoms with Crippen LogP contribution in [0.4, 0.5) is 0 Å². The number of carbonyl (C=O) groups is 2. The maximum atomic E-state index is 11.3. The van der Waals surface area contributed by atoms with E-state index in [9.17, 15) is 14.7 Å². The summed E-state index contributed by atoms with van der Waals surface area (Å²) in [6.45, 7) is 3.44. The highest BCUT2D eigenvalue weighted by Gasteiger charge is 2.13. The van der Waals surface area contributed by atoms with Gasteiger partial charge in [0.2, 0.25) is 0 Å². The van der Waals surface area contributed by atoms with Gasteiger partial charge < -0.3 is 9.84 Å². The van der Waals surface area contributed by atoms with Crippen LogP contribution in [0, 0.1) is 0 Å². The highest BCUT2D eigenvalue weighted by Crippen LogP contribution is 2.23. The molecule has 0 aliphatic rings. The zero-order chi connectivity index (χ0) is 14.5. The minimum absolute atomic E-state index is 0.124. The fourth-order valence-corrected chi connectivity index (χ4v) is 2.12. The maximum absolute atomic E-state index is 11.3. The Bertz CT molecular complexity index is 673. The molecule has 0 fully saturated rings. The number of carboxylic acids is 1. The molecule has 0 aromatic heterocycles. The monoisotopic (exact) mass is 270 g/mol. The smallest absolute Gasteiger partial charge is 0.335 e. The molecule has 0 spiro atoms. The van der Waals surface area contributed by atoms with Gasteiger partial charge in [0.15, 0.2) is 0 Å². The Labute approximate surface area is 116 Å². The van der Waals surface area contributed by atoms with Gasteiger partial charge in [-0.05, 0) is 22.4 Å². The molecular formula is C16H14O4. The molecule has 0 radical (unpaired) electrons. The fourth-order valence-electron chi connectivity index (χ4n) is 2.12. The second-order valence-corrected chi connectivity index (χ2v) is 4.24. The molecule has 4 nitrogen and oxygen atoms in total. The van der Waals surface area contributed by atoms with Crippen LogP contribution in [0.1, 0.15) is 15.9 Å². The summed E-state index contributed by atoms with van der Waals surface area (Å²) in [4.78, 5) is 22.3. The number of aromatic carboxylic acids is 1. The van der Waals surface area contributed by atoms with Crippen molar-refractivity contribution in [3.8, 4) is 0 Å². The van der Waals surface area contributed by atoms with Crippen LogP contribution in [0.3, 0.4) is 0 Å². The molecule has 0 saturated heterocycles. The van der Waals surface area contributed by atoms with Crippen molar-refractivity contribution in [1.29, 1.82) is 0 Å². The maximum Gasteiger partial charge on any atom is 0.335 e. The van der Waals surface area contributed by atoms with E-state index in [0.717, 1.165) is 16.8 Å². The van der Waals surface area contributed by atoms with Gasteiger partial charge in [0.05, 0.1) is 12.2 Å². The van der Waals surface area contributed by atoms with Gasteiger partial charge >= 0.3 is 11.9 Å². The highest BCUT2D eigenvalue weighted by molar-refractivity contribution is 5.97. The lowest BCUT2D eigenvalue weighted by Gasteiger charge is -2.10. The van der Waals surface area contributed by atoms with Crippen LogP contribution in [0.25, 0.3) is 10.8 Å². The molecule has 0 aliphatic carbocycles. The number of carboxylic acid groups (broad SMARTS) is 1. The van der Waals surface area contributed by atoms with Crippen molar-refractivity contribution < 1.29 is 19.4 Å². The highest BCUT2D eigenvalue weighted by atomic mass is 16.5. The number of hydrogen-bond acceptors (Lipinski definition) is 3. The molecule has 1 N–H and O–H groups in total. The van der Waals surface area contributed by atoms with Crippen molar-refractivity contribution >= 4 is 22.7 Å². The van der Waals surface area contributed by atoms with Crippen molar-refractivity contribution in [2.24, 2.45) is 0 Å². The predicted molar refractivity (Wildman–Crippen MR) is 75.8 cm³/mol. The third-order valence-electron chi connectivity index (χ3n) is 3.03. The Morgan fingerprint density at radius 3 is 2.65 bits per heavy atom. The largest absolute Gasteiger partial charge is 0.478 e. The summed E-state index contributed by atoms with van der Waals surface area (Å²) in [7, 11) is 0. The van der Waals surface area contributed by atoms with Crippen molar-refractivity contribution in [2.75, 3.05) is 6.61 Å². The van der Waals surface area contributed by atoms with Crippen LogP contribution < -0.4 is 0 Å². The Hall–Kier alpha value is -2.62. The SMILES string of the molecule is C=CC(=O)OCCc1c(C(=O)O)ccc2ccccc12. The van der Waals surface area contributed by atoms with E-state index < -0.39 is 11.9 Å². The van der Waals surface area contributed by atoms with Gasteiger partial charge in [-0.25, -0.2) is 9.59 Å². The minimum atomic E-state index is -0.985. The second-order valence-electron chi connectivity index (χ2n) is 4.24. The van der Waals surface area contributed by atoms with Crippen LogP contribution >= 0.6 is 0 Å². The minimum Gasteiger partial charge on any atom is -0.478 e. The van der Waals surface area contributed by atoms with Crippen molar-refractivity contribution in [2.45, 2.75) is 6.42 Å². The molecule has 0 bridgehead atoms. The molecule has 102 valence electrons. The number of rotatable bonds is 5. The predicted octanol–water partition coefficient (Wildman–Crippen LogP) is 2.81.